The molecule has 0 aliphatic heterocycles. The van der Waals surface area contributed by atoms with E-state index < -0.39 is 0 Å². The van der Waals surface area contributed by atoms with Crippen molar-refractivity contribution in [2.45, 2.75) is 19.3 Å². The number of nitrogens with two attached hydrogens (primary N) is 1. The molecule has 4 aromatic rings. The Balaban J connectivity index is 1.75. The smallest absolute Gasteiger partial charge is 0.188 e. The number of halogens is 1. The van der Waals surface area contributed by atoms with E-state index >= 15 is 0 Å². The number of aryl methyl sites for hydroxylation is 1. The van der Waals surface area contributed by atoms with Gasteiger partial charge in [0.05, 0.1) is 16.2 Å². The fraction of sp³-hybridized carbons (Fsp3) is 0.227. The van der Waals surface area contributed by atoms with E-state index in [1.807, 2.05) is 37.5 Å². The number of Topliss-reactive ketones (excluding diaryl/α,β-unsaturated/α-hetero) is 1. The van der Waals surface area contributed by atoms with E-state index in [2.05, 4.69) is 15.1 Å². The molecule has 8 heteroatoms. The van der Waals surface area contributed by atoms with Crippen LogP contribution >= 0.6 is 11.6 Å². The minimum atomic E-state index is -0.0476. The molecule has 1 aliphatic carbocycles. The van der Waals surface area contributed by atoms with Crippen molar-refractivity contribution >= 4 is 34.1 Å². The van der Waals surface area contributed by atoms with E-state index in [0.29, 0.717) is 27.6 Å². The predicted molar refractivity (Wildman–Crippen MR) is 116 cm³/mol. The van der Waals surface area contributed by atoms with Crippen molar-refractivity contribution in [2.75, 3.05) is 5.73 Å². The molecule has 0 saturated heterocycles. The zero-order valence-electron chi connectivity index (χ0n) is 16.3. The lowest BCUT2D eigenvalue weighted by atomic mass is 9.81. The molecule has 1 aromatic carbocycles. The summed E-state index contributed by atoms with van der Waals surface area (Å²) in [5.41, 5.74) is 9.50. The summed E-state index contributed by atoms with van der Waals surface area (Å²) in [5, 5.41) is 5.83. The third-order valence-corrected chi connectivity index (χ3v) is 5.81. The molecule has 150 valence electrons. The number of hydrogen-bond acceptors (Lipinski definition) is 6. The van der Waals surface area contributed by atoms with Crippen molar-refractivity contribution in [1.29, 1.82) is 0 Å². The Morgan fingerprint density at radius 3 is 2.73 bits per heavy atom. The van der Waals surface area contributed by atoms with Gasteiger partial charge in [0.25, 0.3) is 0 Å². The van der Waals surface area contributed by atoms with Gasteiger partial charge >= 0.3 is 0 Å². The molecule has 30 heavy (non-hydrogen) atoms. The van der Waals surface area contributed by atoms with Crippen LogP contribution in [0.3, 0.4) is 0 Å². The minimum Gasteiger partial charge on any atom is -0.382 e. The monoisotopic (exact) mass is 418 g/mol. The van der Waals surface area contributed by atoms with E-state index in [0.717, 1.165) is 30.2 Å². The highest BCUT2D eigenvalue weighted by atomic mass is 35.5. The van der Waals surface area contributed by atoms with Gasteiger partial charge in [-0.3, -0.25) is 14.5 Å². The summed E-state index contributed by atoms with van der Waals surface area (Å²) < 4.78 is 1.68. The molecule has 3 heterocycles. The number of aromatic nitrogens is 5. The molecule has 7 nitrogen and oxygen atoms in total. The molecule has 1 saturated carbocycles. The Morgan fingerprint density at radius 1 is 1.20 bits per heavy atom. The molecule has 0 atom stereocenters. The van der Waals surface area contributed by atoms with Crippen LogP contribution < -0.4 is 5.73 Å². The summed E-state index contributed by atoms with van der Waals surface area (Å²) in [6.45, 7) is 0. The number of nitrogen functional groups attached to an aromatic ring is 1. The number of pyridine rings is 1. The van der Waals surface area contributed by atoms with Gasteiger partial charge in [-0.1, -0.05) is 24.1 Å². The van der Waals surface area contributed by atoms with Gasteiger partial charge in [-0.2, -0.15) is 5.10 Å². The van der Waals surface area contributed by atoms with Crippen LogP contribution in [0.15, 0.2) is 42.7 Å². The molecule has 5 rings (SSSR count). The van der Waals surface area contributed by atoms with Crippen molar-refractivity contribution < 1.29 is 4.79 Å². The van der Waals surface area contributed by atoms with Crippen LogP contribution in [-0.4, -0.2) is 30.5 Å². The predicted octanol–water partition coefficient (Wildman–Crippen LogP) is 4.31. The van der Waals surface area contributed by atoms with Crippen molar-refractivity contribution in [3.63, 3.8) is 0 Å². The second kappa shape index (κ2) is 7.18. The minimum absolute atomic E-state index is 0.0282. The van der Waals surface area contributed by atoms with Gasteiger partial charge in [0.1, 0.15) is 17.1 Å². The van der Waals surface area contributed by atoms with Crippen molar-refractivity contribution in [2.24, 2.45) is 13.0 Å². The van der Waals surface area contributed by atoms with E-state index in [1.54, 1.807) is 16.9 Å². The lowest BCUT2D eigenvalue weighted by Gasteiger charge is -2.24. The molecular weight excluding hydrogens is 400 g/mol. The molecule has 0 radical (unpaired) electrons. The maximum absolute atomic E-state index is 12.9. The quantitative estimate of drug-likeness (QED) is 0.495. The first-order valence-electron chi connectivity index (χ1n) is 9.77. The highest BCUT2D eigenvalue weighted by Gasteiger charge is 2.30. The number of fused-ring (bicyclic) bond motifs is 1. The van der Waals surface area contributed by atoms with E-state index in [-0.39, 0.29) is 23.2 Å². The summed E-state index contributed by atoms with van der Waals surface area (Å²) >= 11 is 6.51. The second-order valence-electron chi connectivity index (χ2n) is 7.55. The number of nitrogens with zero attached hydrogens (tertiary/aromatic N) is 5. The largest absolute Gasteiger partial charge is 0.382 e. The first-order chi connectivity index (χ1) is 14.5. The summed E-state index contributed by atoms with van der Waals surface area (Å²) in [6, 6.07) is 9.36. The summed E-state index contributed by atoms with van der Waals surface area (Å²) in [4.78, 5) is 26.5. The number of ketones is 1. The first-order valence-corrected chi connectivity index (χ1v) is 10.2. The first kappa shape index (κ1) is 18.7. The highest BCUT2D eigenvalue weighted by molar-refractivity contribution is 6.35. The van der Waals surface area contributed by atoms with Gasteiger partial charge in [0.15, 0.2) is 11.6 Å². The number of benzene rings is 1. The van der Waals surface area contributed by atoms with E-state index in [9.17, 15) is 4.79 Å². The van der Waals surface area contributed by atoms with Crippen LogP contribution in [0.4, 0.5) is 5.82 Å². The Labute approximate surface area is 177 Å². The average Bonchev–Trinajstić information content (AvgIpc) is 3.12. The molecular formula is C22H19ClN6O. The highest BCUT2D eigenvalue weighted by Crippen LogP contribution is 2.36. The second-order valence-corrected chi connectivity index (χ2v) is 7.96. The maximum atomic E-state index is 12.9. The fourth-order valence-electron chi connectivity index (χ4n) is 3.70. The number of anilines is 1. The molecule has 2 N–H and O–H groups in total. The molecule has 1 aliphatic rings. The standard InChI is InChI=1S/C22H19ClN6O/c1-29-9-7-16(28-29)19-18(14-10-13-6-3-8-25-17(13)15(23)11-14)26-20(22(24)27-19)21(30)12-4-2-5-12/h3,6-12H,2,4-5H2,1H3,(H2,24,27). The van der Waals surface area contributed by atoms with Gasteiger partial charge in [0, 0.05) is 36.3 Å². The Bertz CT molecular complexity index is 1290. The number of hydrogen-bond donors (Lipinski definition) is 1. The molecule has 0 spiro atoms. The summed E-state index contributed by atoms with van der Waals surface area (Å²) in [6.07, 6.45) is 6.30. The van der Waals surface area contributed by atoms with E-state index in [1.165, 1.54) is 0 Å². The Morgan fingerprint density at radius 2 is 2.03 bits per heavy atom. The molecule has 3 aromatic heterocycles. The fourth-order valence-corrected chi connectivity index (χ4v) is 3.97. The molecule has 0 amide bonds. The number of carbonyl (C=O) groups excluding carboxylic acids is 1. The third kappa shape index (κ3) is 3.11. The van der Waals surface area contributed by atoms with Crippen molar-refractivity contribution in [1.82, 2.24) is 24.7 Å². The normalized spacial score (nSPS) is 14.1. The van der Waals surface area contributed by atoms with Crippen molar-refractivity contribution in [3.8, 4) is 22.6 Å². The van der Waals surface area contributed by atoms with Gasteiger partial charge in [-0.15, -0.1) is 0 Å². The van der Waals surface area contributed by atoms with Gasteiger partial charge in [-0.25, -0.2) is 9.97 Å². The number of carbonyl (C=O) groups is 1. The van der Waals surface area contributed by atoms with Crippen LogP contribution in [0.2, 0.25) is 5.02 Å². The van der Waals surface area contributed by atoms with Gasteiger partial charge in [0.2, 0.25) is 0 Å². The molecule has 0 bridgehead atoms. The summed E-state index contributed by atoms with van der Waals surface area (Å²) in [5.74, 6) is 0.0537. The number of rotatable bonds is 4. The van der Waals surface area contributed by atoms with Crippen LogP contribution in [0.5, 0.6) is 0 Å². The van der Waals surface area contributed by atoms with Crippen molar-refractivity contribution in [3.05, 3.63) is 53.4 Å². The lowest BCUT2D eigenvalue weighted by molar-refractivity contribution is 0.0850. The van der Waals surface area contributed by atoms with Gasteiger partial charge < -0.3 is 5.73 Å². The van der Waals surface area contributed by atoms with Crippen LogP contribution in [0, 0.1) is 5.92 Å². The van der Waals surface area contributed by atoms with Crippen LogP contribution in [-0.2, 0) is 7.05 Å². The zero-order valence-corrected chi connectivity index (χ0v) is 17.1. The molecule has 1 fully saturated rings. The summed E-state index contributed by atoms with van der Waals surface area (Å²) in [7, 11) is 1.83. The van der Waals surface area contributed by atoms with Crippen LogP contribution in [0.25, 0.3) is 33.5 Å². The maximum Gasteiger partial charge on any atom is 0.188 e. The topological polar surface area (TPSA) is 99.6 Å². The average molecular weight is 419 g/mol. The zero-order chi connectivity index (χ0) is 20.8. The molecule has 0 unspecified atom stereocenters. The lowest BCUT2D eigenvalue weighted by Crippen LogP contribution is -2.24. The third-order valence-electron chi connectivity index (χ3n) is 5.52. The van der Waals surface area contributed by atoms with E-state index in [4.69, 9.17) is 22.3 Å². The van der Waals surface area contributed by atoms with Crippen LogP contribution in [0.1, 0.15) is 29.8 Å². The Hall–Kier alpha value is -3.32. The SMILES string of the molecule is Cn1ccc(-c2nc(N)c(C(=O)C3CCC3)nc2-c2cc(Cl)c3ncccc3c2)n1. The van der Waals surface area contributed by atoms with Gasteiger partial charge in [-0.05, 0) is 37.1 Å². The Kier molecular flexibility index (Phi) is 4.47.